The number of carboxylic acids is 1. The fraction of sp³-hybridized carbons (Fsp3) is 0.176. The van der Waals surface area contributed by atoms with Crippen molar-refractivity contribution in [1.29, 1.82) is 0 Å². The smallest absolute Gasteiger partial charge is 0.352 e. The Kier molecular flexibility index (Phi) is 4.72. The van der Waals surface area contributed by atoms with Crippen LogP contribution in [0.1, 0.15) is 18.4 Å². The summed E-state index contributed by atoms with van der Waals surface area (Å²) >= 11 is 18.1. The number of anilines is 1. The topological polar surface area (TPSA) is 52.9 Å². The molecule has 0 unspecified atom stereocenters. The van der Waals surface area contributed by atoms with Crippen molar-refractivity contribution in [1.82, 2.24) is 0 Å². The molecule has 0 amide bonds. The van der Waals surface area contributed by atoms with Gasteiger partial charge in [0.1, 0.15) is 0 Å². The molecule has 2 aromatic rings. The average Bonchev–Trinajstić information content (AvgIpc) is 2.86. The normalized spacial score (nSPS) is 20.2. The molecule has 0 bridgehead atoms. The molecule has 0 aromatic heterocycles. The minimum Gasteiger partial charge on any atom is -0.477 e. The zero-order valence-electron chi connectivity index (χ0n) is 12.6. The Balaban J connectivity index is 2.05. The predicted molar refractivity (Wildman–Crippen MR) is 97.7 cm³/mol. The number of hydrogen-bond donors (Lipinski definition) is 1. The van der Waals surface area contributed by atoms with Gasteiger partial charge < -0.3 is 5.11 Å². The second kappa shape index (κ2) is 6.63. The molecular formula is C17H13Cl3N2O2. The molecule has 0 radical (unpaired) electrons. The minimum absolute atomic E-state index is 0.0656. The zero-order chi connectivity index (χ0) is 17.4. The summed E-state index contributed by atoms with van der Waals surface area (Å²) in [6.45, 7) is 1.91. The first kappa shape index (κ1) is 17.1. The molecule has 0 saturated carbocycles. The fourth-order valence-corrected chi connectivity index (χ4v) is 3.48. The maximum atomic E-state index is 11.7. The number of halogens is 3. The molecule has 1 aliphatic heterocycles. The van der Waals surface area contributed by atoms with Crippen molar-refractivity contribution in [3.8, 4) is 0 Å². The Hall–Kier alpha value is -1.75. The van der Waals surface area contributed by atoms with E-state index >= 15 is 0 Å². The zero-order valence-corrected chi connectivity index (χ0v) is 14.8. The van der Waals surface area contributed by atoms with Crippen LogP contribution < -0.4 is 5.01 Å². The monoisotopic (exact) mass is 382 g/mol. The summed E-state index contributed by atoms with van der Waals surface area (Å²) in [7, 11) is 0. The Morgan fingerprint density at radius 2 is 1.71 bits per heavy atom. The number of rotatable bonds is 3. The van der Waals surface area contributed by atoms with Crippen LogP contribution in [0.2, 0.25) is 15.1 Å². The maximum Gasteiger partial charge on any atom is 0.352 e. The van der Waals surface area contributed by atoms with Gasteiger partial charge in [-0.1, -0.05) is 46.9 Å². The van der Waals surface area contributed by atoms with Crippen molar-refractivity contribution < 1.29 is 9.90 Å². The quantitative estimate of drug-likeness (QED) is 0.804. The van der Waals surface area contributed by atoms with E-state index in [0.29, 0.717) is 20.8 Å². The van der Waals surface area contributed by atoms with Gasteiger partial charge in [-0.05, 0) is 42.8 Å². The summed E-state index contributed by atoms with van der Waals surface area (Å²) in [6, 6.07) is 11.9. The SMILES string of the molecule is C[C@@H]1[C@@H](c2ccc(Cl)cc2)C(C(=O)O)=NN1c1ccc(Cl)cc1Cl. The van der Waals surface area contributed by atoms with Crippen LogP contribution in [-0.4, -0.2) is 22.8 Å². The Morgan fingerprint density at radius 1 is 1.08 bits per heavy atom. The van der Waals surface area contributed by atoms with Crippen LogP contribution in [0.25, 0.3) is 0 Å². The molecule has 1 heterocycles. The number of nitrogens with zero attached hydrogens (tertiary/aromatic N) is 2. The molecule has 1 N–H and O–H groups in total. The van der Waals surface area contributed by atoms with Gasteiger partial charge in [0.2, 0.25) is 0 Å². The summed E-state index contributed by atoms with van der Waals surface area (Å²) in [5, 5.41) is 17.0. The first-order valence-corrected chi connectivity index (χ1v) is 8.33. The van der Waals surface area contributed by atoms with Crippen molar-refractivity contribution in [2.24, 2.45) is 5.10 Å². The van der Waals surface area contributed by atoms with E-state index < -0.39 is 11.9 Å². The van der Waals surface area contributed by atoms with Gasteiger partial charge in [0.05, 0.1) is 22.7 Å². The lowest BCUT2D eigenvalue weighted by molar-refractivity contribution is -0.129. The van der Waals surface area contributed by atoms with Gasteiger partial charge in [-0.15, -0.1) is 0 Å². The highest BCUT2D eigenvalue weighted by molar-refractivity contribution is 6.39. The van der Waals surface area contributed by atoms with Crippen LogP contribution in [0.15, 0.2) is 47.6 Å². The first-order chi connectivity index (χ1) is 11.4. The highest BCUT2D eigenvalue weighted by Gasteiger charge is 2.40. The van der Waals surface area contributed by atoms with Crippen LogP contribution in [0.3, 0.4) is 0 Å². The second-order valence-corrected chi connectivity index (χ2v) is 6.78. The van der Waals surface area contributed by atoms with Gasteiger partial charge in [0, 0.05) is 10.0 Å². The first-order valence-electron chi connectivity index (χ1n) is 7.20. The van der Waals surface area contributed by atoms with Gasteiger partial charge >= 0.3 is 5.97 Å². The molecule has 1 aliphatic rings. The number of hydrazone groups is 1. The minimum atomic E-state index is -1.06. The van der Waals surface area contributed by atoms with E-state index in [4.69, 9.17) is 34.8 Å². The lowest BCUT2D eigenvalue weighted by atomic mass is 9.89. The van der Waals surface area contributed by atoms with E-state index in [9.17, 15) is 9.90 Å². The largest absolute Gasteiger partial charge is 0.477 e. The van der Waals surface area contributed by atoms with Gasteiger partial charge in [-0.2, -0.15) is 5.10 Å². The number of carbonyl (C=O) groups is 1. The molecule has 0 spiro atoms. The number of carboxylic acid groups (broad SMARTS) is 1. The molecule has 4 nitrogen and oxygen atoms in total. The summed E-state index contributed by atoms with van der Waals surface area (Å²) in [5.74, 6) is -1.46. The summed E-state index contributed by atoms with van der Waals surface area (Å²) in [4.78, 5) is 11.7. The maximum absolute atomic E-state index is 11.7. The lowest BCUT2D eigenvalue weighted by Gasteiger charge is -2.25. The molecule has 2 atom stereocenters. The Labute approximate surface area is 154 Å². The van der Waals surface area contributed by atoms with Gasteiger partial charge in [0.15, 0.2) is 5.71 Å². The lowest BCUT2D eigenvalue weighted by Crippen LogP contribution is -2.30. The van der Waals surface area contributed by atoms with Crippen LogP contribution in [-0.2, 0) is 4.79 Å². The van der Waals surface area contributed by atoms with Crippen LogP contribution in [0, 0.1) is 0 Å². The van der Waals surface area contributed by atoms with E-state index in [1.165, 1.54) is 0 Å². The molecule has 3 rings (SSSR count). The van der Waals surface area contributed by atoms with Crippen molar-refractivity contribution in [3.63, 3.8) is 0 Å². The molecular weight excluding hydrogens is 371 g/mol. The molecule has 7 heteroatoms. The summed E-state index contributed by atoms with van der Waals surface area (Å²) in [6.07, 6.45) is 0. The Morgan fingerprint density at radius 3 is 2.29 bits per heavy atom. The highest BCUT2D eigenvalue weighted by Crippen LogP contribution is 2.38. The number of aliphatic carboxylic acids is 1. The third kappa shape index (κ3) is 3.09. The van der Waals surface area contributed by atoms with Crippen molar-refractivity contribution >= 4 is 52.2 Å². The van der Waals surface area contributed by atoms with Crippen LogP contribution in [0.5, 0.6) is 0 Å². The predicted octanol–water partition coefficient (Wildman–Crippen LogP) is 5.08. The molecule has 24 heavy (non-hydrogen) atoms. The summed E-state index contributed by atoms with van der Waals surface area (Å²) < 4.78 is 0. The molecule has 124 valence electrons. The van der Waals surface area contributed by atoms with Crippen molar-refractivity contribution in [2.45, 2.75) is 18.9 Å². The van der Waals surface area contributed by atoms with E-state index in [1.54, 1.807) is 35.3 Å². The van der Waals surface area contributed by atoms with Gasteiger partial charge in [-0.25, -0.2) is 4.79 Å². The van der Waals surface area contributed by atoms with E-state index in [1.807, 2.05) is 19.1 Å². The average molecular weight is 384 g/mol. The van der Waals surface area contributed by atoms with Crippen LogP contribution >= 0.6 is 34.8 Å². The second-order valence-electron chi connectivity index (χ2n) is 5.50. The van der Waals surface area contributed by atoms with E-state index in [2.05, 4.69) is 5.10 Å². The number of hydrogen-bond acceptors (Lipinski definition) is 3. The Bertz CT molecular complexity index is 821. The molecule has 0 fully saturated rings. The fourth-order valence-electron chi connectivity index (χ4n) is 2.86. The van der Waals surface area contributed by atoms with Crippen molar-refractivity contribution in [3.05, 3.63) is 63.1 Å². The standard InChI is InChI=1S/C17H13Cl3N2O2/c1-9-15(10-2-4-11(18)5-3-10)16(17(23)24)21-22(9)14-7-6-12(19)8-13(14)20/h2-9,15H,1H3,(H,23,24)/t9-,15+/m1/s1. The molecule has 0 aliphatic carbocycles. The van der Waals surface area contributed by atoms with Gasteiger partial charge in [-0.3, -0.25) is 5.01 Å². The van der Waals surface area contributed by atoms with Crippen LogP contribution in [0.4, 0.5) is 5.69 Å². The molecule has 0 saturated heterocycles. The third-order valence-electron chi connectivity index (χ3n) is 3.98. The molecule has 2 aromatic carbocycles. The summed E-state index contributed by atoms with van der Waals surface area (Å²) in [5.41, 5.74) is 1.51. The third-order valence-corrected chi connectivity index (χ3v) is 4.77. The van der Waals surface area contributed by atoms with E-state index in [-0.39, 0.29) is 11.8 Å². The van der Waals surface area contributed by atoms with E-state index in [0.717, 1.165) is 5.56 Å². The van der Waals surface area contributed by atoms with Crippen molar-refractivity contribution in [2.75, 3.05) is 5.01 Å². The number of benzene rings is 2. The highest BCUT2D eigenvalue weighted by atomic mass is 35.5. The van der Waals surface area contributed by atoms with Gasteiger partial charge in [0.25, 0.3) is 0 Å².